The fraction of sp³-hybridized carbons (Fsp3) is 0.846. The topological polar surface area (TPSA) is 66.6 Å². The molecule has 1 aliphatic heterocycles. The highest BCUT2D eigenvalue weighted by molar-refractivity contribution is 5.82. The van der Waals surface area contributed by atoms with E-state index >= 15 is 0 Å². The van der Waals surface area contributed by atoms with Crippen LogP contribution in [0.4, 0.5) is 0 Å². The Morgan fingerprint density at radius 3 is 2.56 bits per heavy atom. The predicted molar refractivity (Wildman–Crippen MR) is 70.8 cm³/mol. The molecular formula is C13H25N3O2. The van der Waals surface area contributed by atoms with Crippen LogP contribution >= 0.6 is 0 Å². The average molecular weight is 255 g/mol. The molecule has 0 saturated carbocycles. The Balaban J connectivity index is 2.46. The van der Waals surface area contributed by atoms with Crippen molar-refractivity contribution in [1.29, 1.82) is 0 Å². The van der Waals surface area contributed by atoms with Gasteiger partial charge < -0.3 is 15.5 Å². The summed E-state index contributed by atoms with van der Waals surface area (Å²) in [5.41, 5.74) is 5.88. The van der Waals surface area contributed by atoms with Gasteiger partial charge in [-0.25, -0.2) is 0 Å². The lowest BCUT2D eigenvalue weighted by Crippen LogP contribution is -2.45. The van der Waals surface area contributed by atoms with Crippen LogP contribution in [0.5, 0.6) is 0 Å². The highest BCUT2D eigenvalue weighted by Crippen LogP contribution is 2.18. The van der Waals surface area contributed by atoms with Crippen LogP contribution in [-0.4, -0.2) is 54.3 Å². The molecule has 0 aromatic rings. The molecular weight excluding hydrogens is 230 g/mol. The van der Waals surface area contributed by atoms with Crippen LogP contribution in [0.25, 0.3) is 0 Å². The van der Waals surface area contributed by atoms with E-state index in [4.69, 9.17) is 5.73 Å². The van der Waals surface area contributed by atoms with Gasteiger partial charge in [0.1, 0.15) is 0 Å². The van der Waals surface area contributed by atoms with Crippen molar-refractivity contribution in [3.8, 4) is 0 Å². The van der Waals surface area contributed by atoms with E-state index in [2.05, 4.69) is 0 Å². The van der Waals surface area contributed by atoms with E-state index < -0.39 is 6.04 Å². The third-order valence-corrected chi connectivity index (χ3v) is 3.67. The number of likely N-dealkylation sites (tertiary alicyclic amines) is 1. The van der Waals surface area contributed by atoms with Gasteiger partial charge in [0, 0.05) is 33.6 Å². The second-order valence-corrected chi connectivity index (χ2v) is 5.61. The van der Waals surface area contributed by atoms with Crippen molar-refractivity contribution in [3.05, 3.63) is 0 Å². The molecule has 1 heterocycles. The van der Waals surface area contributed by atoms with Gasteiger partial charge >= 0.3 is 0 Å². The Morgan fingerprint density at radius 1 is 1.44 bits per heavy atom. The van der Waals surface area contributed by atoms with Gasteiger partial charge in [-0.15, -0.1) is 0 Å². The summed E-state index contributed by atoms with van der Waals surface area (Å²) in [5.74, 6) is 0.648. The molecule has 1 aliphatic rings. The van der Waals surface area contributed by atoms with Gasteiger partial charge in [-0.2, -0.15) is 0 Å². The van der Waals surface area contributed by atoms with Crippen LogP contribution in [-0.2, 0) is 9.59 Å². The van der Waals surface area contributed by atoms with E-state index in [9.17, 15) is 9.59 Å². The Labute approximate surface area is 109 Å². The molecule has 1 rings (SSSR count). The van der Waals surface area contributed by atoms with Crippen LogP contribution in [0.15, 0.2) is 0 Å². The van der Waals surface area contributed by atoms with Gasteiger partial charge in [0.2, 0.25) is 11.8 Å². The Bertz CT molecular complexity index is 317. The van der Waals surface area contributed by atoms with Crippen LogP contribution in [0.2, 0.25) is 0 Å². The average Bonchev–Trinajstić information content (AvgIpc) is 2.75. The van der Waals surface area contributed by atoms with Crippen LogP contribution in [0.1, 0.15) is 27.2 Å². The number of rotatable bonds is 4. The number of hydrogen-bond acceptors (Lipinski definition) is 3. The maximum atomic E-state index is 12.1. The van der Waals surface area contributed by atoms with E-state index in [1.807, 2.05) is 18.7 Å². The molecule has 0 aromatic carbocycles. The van der Waals surface area contributed by atoms with E-state index in [1.165, 1.54) is 0 Å². The molecule has 2 N–H and O–H groups in total. The van der Waals surface area contributed by atoms with Crippen molar-refractivity contribution < 1.29 is 9.59 Å². The highest BCUT2D eigenvalue weighted by atomic mass is 16.2. The van der Waals surface area contributed by atoms with E-state index in [0.717, 1.165) is 26.1 Å². The zero-order chi connectivity index (χ0) is 13.9. The first kappa shape index (κ1) is 15.0. The Morgan fingerprint density at radius 2 is 2.06 bits per heavy atom. The summed E-state index contributed by atoms with van der Waals surface area (Å²) in [5, 5.41) is 0. The number of carbonyl (C=O) groups excluding carboxylic acids is 2. The van der Waals surface area contributed by atoms with Crippen LogP contribution < -0.4 is 5.73 Å². The normalized spacial score (nSPS) is 21.2. The van der Waals surface area contributed by atoms with Crippen molar-refractivity contribution in [2.24, 2.45) is 17.6 Å². The monoisotopic (exact) mass is 255 g/mol. The standard InChI is InChI=1S/C13H25N3O2/c1-9(2)12(14)13(18)16-6-5-11(8-16)7-15(4)10(3)17/h9,11-12H,5-8,14H2,1-4H3. The molecule has 0 radical (unpaired) electrons. The molecule has 5 heteroatoms. The molecule has 2 amide bonds. The lowest BCUT2D eigenvalue weighted by atomic mass is 10.0. The number of amides is 2. The Kier molecular flexibility index (Phi) is 5.14. The summed E-state index contributed by atoms with van der Waals surface area (Å²) < 4.78 is 0. The van der Waals surface area contributed by atoms with Gasteiger partial charge in [-0.05, 0) is 18.3 Å². The van der Waals surface area contributed by atoms with Gasteiger partial charge in [-0.3, -0.25) is 9.59 Å². The third kappa shape index (κ3) is 3.70. The summed E-state index contributed by atoms with van der Waals surface area (Å²) in [6.07, 6.45) is 0.953. The first-order chi connectivity index (χ1) is 8.32. The molecule has 2 atom stereocenters. The highest BCUT2D eigenvalue weighted by Gasteiger charge is 2.31. The minimum Gasteiger partial charge on any atom is -0.346 e. The summed E-state index contributed by atoms with van der Waals surface area (Å²) in [7, 11) is 1.80. The number of hydrogen-bond donors (Lipinski definition) is 1. The lowest BCUT2D eigenvalue weighted by Gasteiger charge is -2.24. The molecule has 104 valence electrons. The quantitative estimate of drug-likeness (QED) is 0.785. The van der Waals surface area contributed by atoms with Gasteiger partial charge in [0.15, 0.2) is 0 Å². The molecule has 18 heavy (non-hydrogen) atoms. The van der Waals surface area contributed by atoms with Gasteiger partial charge in [-0.1, -0.05) is 13.8 Å². The number of nitrogens with zero attached hydrogens (tertiary/aromatic N) is 2. The molecule has 0 aromatic heterocycles. The minimum absolute atomic E-state index is 0.0398. The molecule has 0 spiro atoms. The summed E-state index contributed by atoms with van der Waals surface area (Å²) in [6, 6.07) is -0.408. The minimum atomic E-state index is -0.408. The maximum Gasteiger partial charge on any atom is 0.239 e. The van der Waals surface area contributed by atoms with Crippen molar-refractivity contribution in [2.75, 3.05) is 26.7 Å². The summed E-state index contributed by atoms with van der Waals surface area (Å²) >= 11 is 0. The first-order valence-electron chi connectivity index (χ1n) is 6.59. The summed E-state index contributed by atoms with van der Waals surface area (Å²) in [6.45, 7) is 7.68. The second kappa shape index (κ2) is 6.18. The van der Waals surface area contributed by atoms with E-state index in [-0.39, 0.29) is 17.7 Å². The second-order valence-electron chi connectivity index (χ2n) is 5.61. The number of carbonyl (C=O) groups is 2. The molecule has 1 saturated heterocycles. The van der Waals surface area contributed by atoms with Crippen molar-refractivity contribution in [3.63, 3.8) is 0 Å². The third-order valence-electron chi connectivity index (χ3n) is 3.67. The largest absolute Gasteiger partial charge is 0.346 e. The molecule has 2 unspecified atom stereocenters. The zero-order valence-corrected chi connectivity index (χ0v) is 11.8. The first-order valence-corrected chi connectivity index (χ1v) is 6.59. The van der Waals surface area contributed by atoms with Crippen LogP contribution in [0, 0.1) is 11.8 Å². The summed E-state index contributed by atoms with van der Waals surface area (Å²) in [4.78, 5) is 26.8. The van der Waals surface area contributed by atoms with Gasteiger partial charge in [0.05, 0.1) is 6.04 Å². The van der Waals surface area contributed by atoms with Crippen molar-refractivity contribution in [2.45, 2.75) is 33.2 Å². The predicted octanol–water partition coefficient (Wildman–Crippen LogP) is 0.297. The number of nitrogens with two attached hydrogens (primary N) is 1. The molecule has 5 nitrogen and oxygen atoms in total. The van der Waals surface area contributed by atoms with Crippen molar-refractivity contribution >= 4 is 11.8 Å². The molecule has 0 bridgehead atoms. The smallest absolute Gasteiger partial charge is 0.239 e. The maximum absolute atomic E-state index is 12.1. The van der Waals surface area contributed by atoms with Gasteiger partial charge in [0.25, 0.3) is 0 Å². The lowest BCUT2D eigenvalue weighted by molar-refractivity contribution is -0.132. The fourth-order valence-corrected chi connectivity index (χ4v) is 2.19. The molecule has 0 aliphatic carbocycles. The van der Waals surface area contributed by atoms with Crippen LogP contribution in [0.3, 0.4) is 0 Å². The van der Waals surface area contributed by atoms with E-state index in [0.29, 0.717) is 5.92 Å². The van der Waals surface area contributed by atoms with Crippen molar-refractivity contribution in [1.82, 2.24) is 9.80 Å². The Hall–Kier alpha value is -1.10. The van der Waals surface area contributed by atoms with E-state index in [1.54, 1.807) is 18.9 Å². The fourth-order valence-electron chi connectivity index (χ4n) is 2.19. The zero-order valence-electron chi connectivity index (χ0n) is 11.8. The molecule has 1 fully saturated rings. The SMILES string of the molecule is CC(=O)N(C)CC1CCN(C(=O)C(N)C(C)C)C1.